The van der Waals surface area contributed by atoms with Crippen LogP contribution in [0.1, 0.15) is 61.5 Å². The van der Waals surface area contributed by atoms with E-state index in [0.717, 1.165) is 12.8 Å². The number of benzene rings is 1. The monoisotopic (exact) mass is 508 g/mol. The Morgan fingerprint density at radius 1 is 1.03 bits per heavy atom. The molecular weight excluding hydrogens is 476 g/mol. The molecule has 2 aliphatic rings. The van der Waals surface area contributed by atoms with E-state index >= 15 is 0 Å². The van der Waals surface area contributed by atoms with Crippen molar-refractivity contribution in [3.8, 4) is 0 Å². The fourth-order valence-electron chi connectivity index (χ4n) is 5.11. The molecule has 4 N–H and O–H groups in total. The molecule has 2 amide bonds. The first kappa shape index (κ1) is 25.2. The average molecular weight is 509 g/mol. The summed E-state index contributed by atoms with van der Waals surface area (Å²) in [6, 6.07) is 8.72. The van der Waals surface area contributed by atoms with E-state index in [1.54, 1.807) is 24.3 Å². The lowest BCUT2D eigenvalue weighted by Crippen LogP contribution is -2.34. The van der Waals surface area contributed by atoms with Crippen molar-refractivity contribution in [2.45, 2.75) is 69.5 Å². The molecule has 11 nitrogen and oxygen atoms in total. The minimum absolute atomic E-state index is 0.0843. The van der Waals surface area contributed by atoms with Crippen molar-refractivity contribution in [1.29, 1.82) is 0 Å². The van der Waals surface area contributed by atoms with E-state index in [4.69, 9.17) is 4.74 Å². The Kier molecular flexibility index (Phi) is 7.73. The number of fused-ring (bicyclic) bond motifs is 1. The third-order valence-electron chi connectivity index (χ3n) is 7.21. The van der Waals surface area contributed by atoms with Gasteiger partial charge in [-0.2, -0.15) is 0 Å². The van der Waals surface area contributed by atoms with E-state index in [-0.39, 0.29) is 30.5 Å². The molecule has 3 aromatic rings. The fourth-order valence-corrected chi connectivity index (χ4v) is 5.11. The topological polar surface area (TPSA) is 151 Å². The molecule has 1 aromatic carbocycles. The van der Waals surface area contributed by atoms with Gasteiger partial charge in [-0.3, -0.25) is 14.2 Å². The molecule has 4 atom stereocenters. The van der Waals surface area contributed by atoms with Crippen LogP contribution in [0.5, 0.6) is 0 Å². The zero-order valence-corrected chi connectivity index (χ0v) is 20.5. The van der Waals surface area contributed by atoms with Crippen molar-refractivity contribution in [2.24, 2.45) is 5.92 Å². The van der Waals surface area contributed by atoms with Crippen molar-refractivity contribution < 1.29 is 24.5 Å². The van der Waals surface area contributed by atoms with Crippen LogP contribution in [0.2, 0.25) is 0 Å². The van der Waals surface area contributed by atoms with Crippen LogP contribution in [0.15, 0.2) is 43.0 Å². The standard InChI is InChI=1S/C26H32N6O5/c33-19(27-13-16-7-3-1-4-8-16)12-11-18-21(34)22(35)26(37-18)32-15-30-20-23(28-14-29-24(20)32)31-25(36)17-9-5-2-6-10-17/h2,5-6,9-10,14-16,18,21-22,26,34-35H,1,3-4,7-8,11-13H2,(H,27,33)(H,28,29,31,36)/t18-,21-,22-,26-/m1/s1. The van der Waals surface area contributed by atoms with E-state index in [0.29, 0.717) is 29.2 Å². The smallest absolute Gasteiger partial charge is 0.256 e. The lowest BCUT2D eigenvalue weighted by Gasteiger charge is -2.22. The van der Waals surface area contributed by atoms with Gasteiger partial charge in [-0.25, -0.2) is 15.0 Å². The molecule has 0 radical (unpaired) electrons. The number of aliphatic hydroxyl groups excluding tert-OH is 2. The van der Waals surface area contributed by atoms with Gasteiger partial charge < -0.3 is 25.6 Å². The molecule has 0 bridgehead atoms. The van der Waals surface area contributed by atoms with Gasteiger partial charge >= 0.3 is 0 Å². The van der Waals surface area contributed by atoms with Gasteiger partial charge in [0.15, 0.2) is 23.2 Å². The van der Waals surface area contributed by atoms with Crippen molar-refractivity contribution in [3.63, 3.8) is 0 Å². The SMILES string of the molecule is O=C(CC[C@H]1O[C@@H](n2cnc3c(NC(=O)c4ccccc4)ncnc32)[C@H](O)[C@@H]1O)NCC1CCCCC1. The van der Waals surface area contributed by atoms with E-state index < -0.39 is 24.5 Å². The summed E-state index contributed by atoms with van der Waals surface area (Å²) in [5, 5.41) is 27.1. The Labute approximate surface area is 214 Å². The number of anilines is 1. The second-order valence-electron chi connectivity index (χ2n) is 9.76. The molecule has 37 heavy (non-hydrogen) atoms. The summed E-state index contributed by atoms with van der Waals surface area (Å²) in [6.07, 6.45) is 5.08. The van der Waals surface area contributed by atoms with Crippen LogP contribution in [0, 0.1) is 5.92 Å². The third-order valence-corrected chi connectivity index (χ3v) is 7.21. The minimum Gasteiger partial charge on any atom is -0.388 e. The van der Waals surface area contributed by atoms with Gasteiger partial charge in [-0.05, 0) is 37.3 Å². The summed E-state index contributed by atoms with van der Waals surface area (Å²) in [4.78, 5) is 37.7. The highest BCUT2D eigenvalue weighted by Crippen LogP contribution is 2.34. The molecular formula is C26H32N6O5. The fraction of sp³-hybridized carbons (Fsp3) is 0.500. The number of rotatable bonds is 8. The predicted octanol–water partition coefficient (Wildman–Crippen LogP) is 2.17. The first-order valence-corrected chi connectivity index (χ1v) is 12.8. The highest BCUT2D eigenvalue weighted by Gasteiger charge is 2.44. The highest BCUT2D eigenvalue weighted by atomic mass is 16.6. The number of imidazole rings is 1. The molecule has 2 fully saturated rings. The van der Waals surface area contributed by atoms with Crippen LogP contribution >= 0.6 is 0 Å². The van der Waals surface area contributed by atoms with Gasteiger partial charge in [-0.15, -0.1) is 0 Å². The number of carbonyl (C=O) groups excluding carboxylic acids is 2. The highest BCUT2D eigenvalue weighted by molar-refractivity contribution is 6.06. The third kappa shape index (κ3) is 5.63. The molecule has 1 aliphatic heterocycles. The van der Waals surface area contributed by atoms with E-state index in [9.17, 15) is 19.8 Å². The van der Waals surface area contributed by atoms with Crippen LogP contribution < -0.4 is 10.6 Å². The van der Waals surface area contributed by atoms with Crippen molar-refractivity contribution >= 4 is 28.8 Å². The van der Waals surface area contributed by atoms with Gasteiger partial charge in [0.1, 0.15) is 18.5 Å². The quantitative estimate of drug-likeness (QED) is 0.361. The van der Waals surface area contributed by atoms with Crippen molar-refractivity contribution in [3.05, 3.63) is 48.5 Å². The second-order valence-corrected chi connectivity index (χ2v) is 9.76. The minimum atomic E-state index is -1.25. The van der Waals surface area contributed by atoms with Crippen LogP contribution in [-0.2, 0) is 9.53 Å². The number of ether oxygens (including phenoxy) is 1. The number of amides is 2. The predicted molar refractivity (Wildman–Crippen MR) is 134 cm³/mol. The first-order chi connectivity index (χ1) is 18.0. The number of hydrogen-bond donors (Lipinski definition) is 4. The Morgan fingerprint density at radius 2 is 1.81 bits per heavy atom. The number of carbonyl (C=O) groups is 2. The number of aromatic nitrogens is 4. The average Bonchev–Trinajstić information content (AvgIpc) is 3.48. The van der Waals surface area contributed by atoms with Gasteiger partial charge in [0.05, 0.1) is 12.4 Å². The summed E-state index contributed by atoms with van der Waals surface area (Å²) in [5.41, 5.74) is 1.13. The Morgan fingerprint density at radius 3 is 2.59 bits per heavy atom. The summed E-state index contributed by atoms with van der Waals surface area (Å²) >= 11 is 0. The molecule has 5 rings (SSSR count). The van der Waals surface area contributed by atoms with Gasteiger partial charge in [0, 0.05) is 18.5 Å². The van der Waals surface area contributed by atoms with Crippen LogP contribution in [0.3, 0.4) is 0 Å². The Balaban J connectivity index is 1.22. The molecule has 11 heteroatoms. The van der Waals surface area contributed by atoms with Gasteiger partial charge in [-0.1, -0.05) is 37.5 Å². The number of nitrogens with zero attached hydrogens (tertiary/aromatic N) is 4. The van der Waals surface area contributed by atoms with Crippen LogP contribution in [-0.4, -0.2) is 66.4 Å². The number of aliphatic hydroxyl groups is 2. The molecule has 1 aliphatic carbocycles. The maximum absolute atomic E-state index is 12.6. The molecule has 2 aromatic heterocycles. The van der Waals surface area contributed by atoms with Crippen molar-refractivity contribution in [1.82, 2.24) is 24.8 Å². The maximum atomic E-state index is 12.6. The molecule has 3 heterocycles. The van der Waals surface area contributed by atoms with E-state index in [2.05, 4.69) is 25.6 Å². The maximum Gasteiger partial charge on any atom is 0.256 e. The molecule has 196 valence electrons. The summed E-state index contributed by atoms with van der Waals surface area (Å²) < 4.78 is 7.47. The number of nitrogens with one attached hydrogen (secondary N) is 2. The summed E-state index contributed by atoms with van der Waals surface area (Å²) in [6.45, 7) is 0.683. The summed E-state index contributed by atoms with van der Waals surface area (Å²) in [5.74, 6) is 0.330. The number of hydrogen-bond acceptors (Lipinski definition) is 8. The molecule has 0 spiro atoms. The zero-order chi connectivity index (χ0) is 25.8. The van der Waals surface area contributed by atoms with Crippen LogP contribution in [0.4, 0.5) is 5.82 Å². The normalized spacial score (nSPS) is 24.3. The molecule has 1 saturated carbocycles. The molecule has 0 unspecified atom stereocenters. The molecule has 1 saturated heterocycles. The lowest BCUT2D eigenvalue weighted by molar-refractivity contribution is -0.122. The Hall–Kier alpha value is -3.41. The Bertz CT molecular complexity index is 1230. The summed E-state index contributed by atoms with van der Waals surface area (Å²) in [7, 11) is 0. The van der Waals surface area contributed by atoms with E-state index in [1.165, 1.54) is 36.5 Å². The second kappa shape index (κ2) is 11.3. The first-order valence-electron chi connectivity index (χ1n) is 12.8. The zero-order valence-electron chi connectivity index (χ0n) is 20.5. The van der Waals surface area contributed by atoms with Gasteiger partial charge in [0.25, 0.3) is 5.91 Å². The van der Waals surface area contributed by atoms with Crippen LogP contribution in [0.25, 0.3) is 11.2 Å². The van der Waals surface area contributed by atoms with E-state index in [1.807, 2.05) is 6.07 Å². The lowest BCUT2D eigenvalue weighted by atomic mass is 9.89. The largest absolute Gasteiger partial charge is 0.388 e. The van der Waals surface area contributed by atoms with Crippen molar-refractivity contribution in [2.75, 3.05) is 11.9 Å². The van der Waals surface area contributed by atoms with Gasteiger partial charge in [0.2, 0.25) is 5.91 Å².